The van der Waals surface area contributed by atoms with Crippen molar-refractivity contribution in [3.63, 3.8) is 0 Å². The maximum Gasteiger partial charge on any atom is 0.193 e. The number of ketones is 2. The molecule has 6 rings (SSSR count). The standard InChI is InChI=1S/C28H30BrF2NO5/c1-25-8-7-18(34)10-21(25)22(30)11-20-19-9-15-13-32(17-5-3-16(29)4-6-17)37-28(15,24(36)14-33)26(19,2)12-23(35)27(20,25)31/h3-8,10,15,19-20,22-23,33,35H,9,11-14H2,1-2H3/t15-,19-,20-,22-,23-,25-,26-,27-,28-/m0/s1. The zero-order valence-corrected chi connectivity index (χ0v) is 22.3. The highest BCUT2D eigenvalue weighted by Gasteiger charge is 2.79. The topological polar surface area (TPSA) is 87.1 Å². The van der Waals surface area contributed by atoms with Crippen molar-refractivity contribution in [3.8, 4) is 0 Å². The number of Topliss-reactive ketones (excluding diaryl/α,β-unsaturated/α-hetero) is 1. The molecule has 0 amide bonds. The lowest BCUT2D eigenvalue weighted by Gasteiger charge is -2.63. The molecule has 0 aromatic heterocycles. The van der Waals surface area contributed by atoms with Crippen LogP contribution in [0.1, 0.15) is 33.1 Å². The number of halogens is 3. The second-order valence-electron chi connectivity index (χ2n) is 11.7. The first-order valence-electron chi connectivity index (χ1n) is 12.7. The lowest BCUT2D eigenvalue weighted by atomic mass is 9.44. The summed E-state index contributed by atoms with van der Waals surface area (Å²) < 4.78 is 33.9. The van der Waals surface area contributed by atoms with Gasteiger partial charge in [0.15, 0.2) is 22.8 Å². The Morgan fingerprint density at radius 3 is 2.59 bits per heavy atom. The van der Waals surface area contributed by atoms with Gasteiger partial charge in [-0.05, 0) is 74.1 Å². The van der Waals surface area contributed by atoms with E-state index in [0.717, 1.165) is 10.2 Å². The molecule has 0 spiro atoms. The van der Waals surface area contributed by atoms with Gasteiger partial charge in [-0.25, -0.2) is 8.78 Å². The predicted molar refractivity (Wildman–Crippen MR) is 135 cm³/mol. The largest absolute Gasteiger partial charge is 0.390 e. The van der Waals surface area contributed by atoms with Gasteiger partial charge >= 0.3 is 0 Å². The highest BCUT2D eigenvalue weighted by atomic mass is 79.9. The number of anilines is 1. The van der Waals surface area contributed by atoms with E-state index >= 15 is 8.78 Å². The lowest BCUT2D eigenvalue weighted by molar-refractivity contribution is -0.228. The van der Waals surface area contributed by atoms with Crippen molar-refractivity contribution in [2.24, 2.45) is 28.6 Å². The van der Waals surface area contributed by atoms with Crippen LogP contribution in [0.2, 0.25) is 0 Å². The minimum absolute atomic E-state index is 0.0680. The normalized spacial score (nSPS) is 46.1. The monoisotopic (exact) mass is 577 g/mol. The van der Waals surface area contributed by atoms with Gasteiger partial charge < -0.3 is 10.2 Å². The average Bonchev–Trinajstić information content (AvgIpc) is 3.36. The zero-order valence-electron chi connectivity index (χ0n) is 20.7. The number of hydrogen-bond acceptors (Lipinski definition) is 6. The number of carbonyl (C=O) groups excluding carboxylic acids is 2. The summed E-state index contributed by atoms with van der Waals surface area (Å²) in [6, 6.07) is 7.42. The van der Waals surface area contributed by atoms with Crippen LogP contribution in [0.15, 0.2) is 52.5 Å². The molecule has 1 aromatic rings. The molecular formula is C28H30BrF2NO5. The van der Waals surface area contributed by atoms with E-state index in [-0.39, 0.29) is 24.3 Å². The van der Waals surface area contributed by atoms with Gasteiger partial charge in [0, 0.05) is 27.1 Å². The fraction of sp³-hybridized carbons (Fsp3) is 0.571. The van der Waals surface area contributed by atoms with Crippen molar-refractivity contribution < 1.29 is 33.4 Å². The molecule has 0 bridgehead atoms. The van der Waals surface area contributed by atoms with E-state index in [1.807, 2.05) is 31.2 Å². The van der Waals surface area contributed by atoms with Crippen LogP contribution in [0.5, 0.6) is 0 Å². The van der Waals surface area contributed by atoms with E-state index in [4.69, 9.17) is 4.84 Å². The second kappa shape index (κ2) is 8.04. The van der Waals surface area contributed by atoms with E-state index in [2.05, 4.69) is 15.9 Å². The molecule has 0 unspecified atom stereocenters. The third-order valence-corrected chi connectivity index (χ3v) is 10.8. The molecule has 2 N–H and O–H groups in total. The van der Waals surface area contributed by atoms with Gasteiger partial charge in [0.25, 0.3) is 0 Å². The van der Waals surface area contributed by atoms with Gasteiger partial charge in [-0.3, -0.25) is 19.5 Å². The Morgan fingerprint density at radius 2 is 1.92 bits per heavy atom. The lowest BCUT2D eigenvalue weighted by Crippen LogP contribution is -2.70. The quantitative estimate of drug-likeness (QED) is 0.563. The average molecular weight is 578 g/mol. The second-order valence-corrected chi connectivity index (χ2v) is 12.7. The summed E-state index contributed by atoms with van der Waals surface area (Å²) in [6.45, 7) is 2.97. The van der Waals surface area contributed by atoms with Crippen molar-refractivity contribution in [2.75, 3.05) is 18.2 Å². The number of rotatable bonds is 3. The Morgan fingerprint density at radius 1 is 1.22 bits per heavy atom. The van der Waals surface area contributed by atoms with Gasteiger partial charge in [0.2, 0.25) is 0 Å². The summed E-state index contributed by atoms with van der Waals surface area (Å²) >= 11 is 3.41. The van der Waals surface area contributed by atoms with Crippen LogP contribution in [0.25, 0.3) is 0 Å². The summed E-state index contributed by atoms with van der Waals surface area (Å²) in [7, 11) is 0. The summed E-state index contributed by atoms with van der Waals surface area (Å²) in [5.41, 5.74) is -5.44. The first kappa shape index (κ1) is 25.3. The molecule has 1 aromatic carbocycles. The number of nitrogens with zero attached hydrogens (tertiary/aromatic N) is 1. The Kier molecular flexibility index (Phi) is 5.50. The molecule has 9 heteroatoms. The van der Waals surface area contributed by atoms with Crippen LogP contribution in [0.4, 0.5) is 14.5 Å². The summed E-state index contributed by atoms with van der Waals surface area (Å²) in [4.78, 5) is 32.0. The van der Waals surface area contributed by atoms with Crippen molar-refractivity contribution in [3.05, 3.63) is 52.5 Å². The summed E-state index contributed by atoms with van der Waals surface area (Å²) in [5, 5.41) is 23.2. The number of carbonyl (C=O) groups is 2. The molecule has 5 aliphatic rings. The SMILES string of the molecule is C[C@]12C=CC(=O)C=C1[C@@H](F)C[C@H]1[C@@H]3C[C@H]4CN(c5ccc(Br)cc5)O[C@@]4(C(=O)CO)[C@@]3(C)C[C@H](O)[C@@]12F. The van der Waals surface area contributed by atoms with E-state index in [1.54, 1.807) is 12.0 Å². The summed E-state index contributed by atoms with van der Waals surface area (Å²) in [5.74, 6) is -2.67. The van der Waals surface area contributed by atoms with Gasteiger partial charge in [-0.1, -0.05) is 28.9 Å². The maximum absolute atomic E-state index is 17.4. The van der Waals surface area contributed by atoms with E-state index in [0.29, 0.717) is 13.0 Å². The van der Waals surface area contributed by atoms with Crippen molar-refractivity contribution in [1.82, 2.24) is 0 Å². The Labute approximate surface area is 222 Å². The fourth-order valence-corrected chi connectivity index (χ4v) is 8.89. The maximum atomic E-state index is 17.4. The van der Waals surface area contributed by atoms with Crippen molar-refractivity contribution >= 4 is 33.2 Å². The zero-order chi connectivity index (χ0) is 26.5. The number of hydroxylamine groups is 1. The van der Waals surface area contributed by atoms with Gasteiger partial charge in [0.1, 0.15) is 12.8 Å². The number of aliphatic hydroxyl groups excluding tert-OH is 2. The number of allylic oxidation sites excluding steroid dienone is 4. The Balaban J connectivity index is 1.44. The first-order chi connectivity index (χ1) is 17.4. The molecule has 4 fully saturated rings. The van der Waals surface area contributed by atoms with Gasteiger partial charge in [-0.15, -0.1) is 0 Å². The fourth-order valence-electron chi connectivity index (χ4n) is 8.63. The molecule has 1 saturated heterocycles. The molecule has 3 saturated carbocycles. The minimum Gasteiger partial charge on any atom is -0.390 e. The molecule has 1 aliphatic heterocycles. The molecule has 9 atom stereocenters. The van der Waals surface area contributed by atoms with Crippen molar-refractivity contribution in [1.29, 1.82) is 0 Å². The smallest absolute Gasteiger partial charge is 0.193 e. The summed E-state index contributed by atoms with van der Waals surface area (Å²) in [6.07, 6.45) is 0.847. The van der Waals surface area contributed by atoms with Gasteiger partial charge in [0.05, 0.1) is 18.3 Å². The van der Waals surface area contributed by atoms with Crippen LogP contribution in [-0.2, 0) is 14.4 Å². The number of benzene rings is 1. The van der Waals surface area contributed by atoms with Crippen LogP contribution < -0.4 is 5.06 Å². The van der Waals surface area contributed by atoms with Crippen LogP contribution in [0.3, 0.4) is 0 Å². The Hall–Kier alpha value is -1.94. The van der Waals surface area contributed by atoms with E-state index < -0.39 is 64.4 Å². The molecule has 37 heavy (non-hydrogen) atoms. The third kappa shape index (κ3) is 3.00. The minimum atomic E-state index is -2.23. The van der Waals surface area contributed by atoms with E-state index in [1.165, 1.54) is 18.2 Å². The highest BCUT2D eigenvalue weighted by molar-refractivity contribution is 9.10. The van der Waals surface area contributed by atoms with Crippen molar-refractivity contribution in [2.45, 2.75) is 56.7 Å². The number of fused-ring (bicyclic) bond motifs is 7. The van der Waals surface area contributed by atoms with E-state index in [9.17, 15) is 19.8 Å². The van der Waals surface area contributed by atoms with Gasteiger partial charge in [-0.2, -0.15) is 0 Å². The molecule has 4 aliphatic carbocycles. The molecule has 0 radical (unpaired) electrons. The predicted octanol–water partition coefficient (Wildman–Crippen LogP) is 4.05. The van der Waals surface area contributed by atoms with Crippen LogP contribution in [-0.4, -0.2) is 58.5 Å². The number of alkyl halides is 2. The highest BCUT2D eigenvalue weighted by Crippen LogP contribution is 2.72. The first-order valence-corrected chi connectivity index (χ1v) is 13.5. The molecule has 1 heterocycles. The molecular weight excluding hydrogens is 548 g/mol. The Bertz CT molecular complexity index is 1240. The van der Waals surface area contributed by atoms with Crippen LogP contribution >= 0.6 is 15.9 Å². The number of hydrogen-bond donors (Lipinski definition) is 2. The third-order valence-electron chi connectivity index (χ3n) is 10.3. The van der Waals surface area contributed by atoms with Crippen LogP contribution in [0, 0.1) is 28.6 Å². The molecule has 6 nitrogen and oxygen atoms in total. The molecule has 198 valence electrons. The number of aliphatic hydroxyl groups is 2.